The molecule has 0 aromatic heterocycles. The van der Waals surface area contributed by atoms with Crippen LogP contribution in [-0.2, 0) is 20.8 Å². The number of hydrogen-bond acceptors (Lipinski definition) is 5. The first-order chi connectivity index (χ1) is 12.0. The predicted octanol–water partition coefficient (Wildman–Crippen LogP) is 2.45. The van der Waals surface area contributed by atoms with E-state index in [0.29, 0.717) is 19.5 Å². The average Bonchev–Trinajstić information content (AvgIpc) is 3.10. The lowest BCUT2D eigenvalue weighted by molar-refractivity contribution is -0.161. The molecule has 6 nitrogen and oxygen atoms in total. The molecule has 5 rings (SSSR count). The molecule has 4 aliphatic rings. The van der Waals surface area contributed by atoms with Gasteiger partial charge in [0.2, 0.25) is 6.79 Å². The standard InChI is InChI=1S/C19H21NO5/c1-19(2)24-14-4-3-11-5-6-20(18(21)17(14)25-19)9-12-7-15-16(8-13(11)12)23-10-22-15/h3,7-8,14,17H,4-6,9-10H2,1-2H3. The zero-order valence-electron chi connectivity index (χ0n) is 14.4. The van der Waals surface area contributed by atoms with Gasteiger partial charge in [-0.1, -0.05) is 6.08 Å². The van der Waals surface area contributed by atoms with Crippen LogP contribution in [0.5, 0.6) is 11.5 Å². The van der Waals surface area contributed by atoms with Crippen molar-refractivity contribution in [3.63, 3.8) is 0 Å². The molecule has 4 aliphatic heterocycles. The normalized spacial score (nSPS) is 29.3. The maximum Gasteiger partial charge on any atom is 0.254 e. The molecule has 2 bridgehead atoms. The fraction of sp³-hybridized carbons (Fsp3) is 0.526. The van der Waals surface area contributed by atoms with Gasteiger partial charge in [0, 0.05) is 13.1 Å². The Hall–Kier alpha value is -2.05. The van der Waals surface area contributed by atoms with Crippen LogP contribution >= 0.6 is 0 Å². The van der Waals surface area contributed by atoms with Crippen molar-refractivity contribution in [2.75, 3.05) is 13.3 Å². The monoisotopic (exact) mass is 343 g/mol. The van der Waals surface area contributed by atoms with Gasteiger partial charge >= 0.3 is 0 Å². The molecule has 132 valence electrons. The molecule has 0 N–H and O–H groups in total. The molecule has 25 heavy (non-hydrogen) atoms. The summed E-state index contributed by atoms with van der Waals surface area (Å²) in [5, 5.41) is 0. The molecule has 1 aromatic rings. The predicted molar refractivity (Wildman–Crippen MR) is 89.0 cm³/mol. The Bertz CT molecular complexity index is 784. The van der Waals surface area contributed by atoms with Crippen LogP contribution in [0.15, 0.2) is 18.2 Å². The fourth-order valence-electron chi connectivity index (χ4n) is 4.14. The van der Waals surface area contributed by atoms with Gasteiger partial charge in [-0.25, -0.2) is 0 Å². The first kappa shape index (κ1) is 15.2. The summed E-state index contributed by atoms with van der Waals surface area (Å²) >= 11 is 0. The van der Waals surface area contributed by atoms with E-state index in [1.165, 1.54) is 5.57 Å². The van der Waals surface area contributed by atoms with E-state index >= 15 is 0 Å². The van der Waals surface area contributed by atoms with Crippen molar-refractivity contribution in [3.05, 3.63) is 29.3 Å². The number of hydrogen-bond donors (Lipinski definition) is 0. The molecule has 0 radical (unpaired) electrons. The van der Waals surface area contributed by atoms with Crippen molar-refractivity contribution in [2.45, 2.75) is 51.2 Å². The van der Waals surface area contributed by atoms with E-state index in [9.17, 15) is 4.79 Å². The third-order valence-corrected chi connectivity index (χ3v) is 5.29. The summed E-state index contributed by atoms with van der Waals surface area (Å²) < 4.78 is 23.0. The zero-order valence-corrected chi connectivity index (χ0v) is 14.4. The SMILES string of the molecule is CC1(C)OC2CC=C3CCN(Cc4cc5c(cc43)OCO5)C(=O)C2O1. The largest absolute Gasteiger partial charge is 0.454 e. The Labute approximate surface area is 146 Å². The third kappa shape index (κ3) is 2.43. The Morgan fingerprint density at radius 1 is 1.16 bits per heavy atom. The van der Waals surface area contributed by atoms with Gasteiger partial charge in [0.15, 0.2) is 23.4 Å². The van der Waals surface area contributed by atoms with Crippen LogP contribution in [0.25, 0.3) is 5.57 Å². The summed E-state index contributed by atoms with van der Waals surface area (Å²) in [6.45, 7) is 5.21. The zero-order chi connectivity index (χ0) is 17.2. The lowest BCUT2D eigenvalue weighted by atomic mass is 9.95. The summed E-state index contributed by atoms with van der Waals surface area (Å²) in [7, 11) is 0. The van der Waals surface area contributed by atoms with E-state index < -0.39 is 11.9 Å². The minimum Gasteiger partial charge on any atom is -0.454 e. The van der Waals surface area contributed by atoms with Gasteiger partial charge in [-0.15, -0.1) is 0 Å². The number of rotatable bonds is 0. The van der Waals surface area contributed by atoms with Crippen molar-refractivity contribution in [1.82, 2.24) is 4.90 Å². The molecule has 0 aliphatic carbocycles. The van der Waals surface area contributed by atoms with Gasteiger partial charge < -0.3 is 23.8 Å². The number of carbonyl (C=O) groups is 1. The maximum atomic E-state index is 13.1. The molecule has 6 heteroatoms. The van der Waals surface area contributed by atoms with E-state index in [4.69, 9.17) is 18.9 Å². The van der Waals surface area contributed by atoms with Crippen LogP contribution < -0.4 is 9.47 Å². The molecule has 1 amide bonds. The molecule has 1 saturated heterocycles. The van der Waals surface area contributed by atoms with Crippen molar-refractivity contribution in [1.29, 1.82) is 0 Å². The summed E-state index contributed by atoms with van der Waals surface area (Å²) in [5.41, 5.74) is 3.48. The fourth-order valence-corrected chi connectivity index (χ4v) is 4.14. The highest BCUT2D eigenvalue weighted by atomic mass is 16.8. The van der Waals surface area contributed by atoms with Crippen LogP contribution in [0.3, 0.4) is 0 Å². The molecule has 2 atom stereocenters. The summed E-state index contributed by atoms with van der Waals surface area (Å²) in [6.07, 6.45) is 2.90. The first-order valence-electron chi connectivity index (χ1n) is 8.76. The minimum absolute atomic E-state index is 0.00995. The third-order valence-electron chi connectivity index (χ3n) is 5.29. The van der Waals surface area contributed by atoms with E-state index in [-0.39, 0.29) is 18.8 Å². The lowest BCUT2D eigenvalue weighted by Gasteiger charge is -2.25. The van der Waals surface area contributed by atoms with E-state index in [1.54, 1.807) is 0 Å². The van der Waals surface area contributed by atoms with Crippen LogP contribution in [-0.4, -0.2) is 42.1 Å². The van der Waals surface area contributed by atoms with Gasteiger partial charge in [0.05, 0.1) is 6.10 Å². The van der Waals surface area contributed by atoms with Gasteiger partial charge in [-0.05, 0) is 55.5 Å². The van der Waals surface area contributed by atoms with Crippen molar-refractivity contribution in [2.24, 2.45) is 0 Å². The second-order valence-electron chi connectivity index (χ2n) is 7.43. The van der Waals surface area contributed by atoms with Gasteiger partial charge in [0.25, 0.3) is 5.91 Å². The Morgan fingerprint density at radius 3 is 2.80 bits per heavy atom. The van der Waals surface area contributed by atoms with Crippen molar-refractivity contribution >= 4 is 11.5 Å². The van der Waals surface area contributed by atoms with Crippen LogP contribution in [0.4, 0.5) is 0 Å². The average molecular weight is 343 g/mol. The first-order valence-corrected chi connectivity index (χ1v) is 8.76. The quantitative estimate of drug-likeness (QED) is 0.724. The smallest absolute Gasteiger partial charge is 0.254 e. The highest BCUT2D eigenvalue weighted by Crippen LogP contribution is 2.41. The number of amides is 1. The molecule has 1 aromatic carbocycles. The molecule has 0 spiro atoms. The second-order valence-corrected chi connectivity index (χ2v) is 7.43. The molecule has 1 fully saturated rings. The van der Waals surface area contributed by atoms with Crippen molar-refractivity contribution < 1.29 is 23.7 Å². The van der Waals surface area contributed by atoms with Crippen LogP contribution in [0.1, 0.15) is 37.8 Å². The molecule has 4 heterocycles. The van der Waals surface area contributed by atoms with E-state index in [2.05, 4.69) is 6.08 Å². The van der Waals surface area contributed by atoms with Crippen LogP contribution in [0, 0.1) is 0 Å². The molecular weight excluding hydrogens is 322 g/mol. The number of ether oxygens (including phenoxy) is 4. The van der Waals surface area contributed by atoms with Gasteiger partial charge in [0.1, 0.15) is 0 Å². The summed E-state index contributed by atoms with van der Waals surface area (Å²) in [6, 6.07) is 4.05. The summed E-state index contributed by atoms with van der Waals surface area (Å²) in [5.74, 6) is 0.814. The van der Waals surface area contributed by atoms with Crippen LogP contribution in [0.2, 0.25) is 0 Å². The molecule has 0 saturated carbocycles. The number of nitrogens with zero attached hydrogens (tertiary/aromatic N) is 1. The Balaban J connectivity index is 1.60. The highest BCUT2D eigenvalue weighted by Gasteiger charge is 2.47. The summed E-state index contributed by atoms with van der Waals surface area (Å²) in [4.78, 5) is 15.0. The van der Waals surface area contributed by atoms with Gasteiger partial charge in [-0.2, -0.15) is 0 Å². The maximum absolute atomic E-state index is 13.1. The Morgan fingerprint density at radius 2 is 1.96 bits per heavy atom. The highest BCUT2D eigenvalue weighted by molar-refractivity contribution is 5.84. The second kappa shape index (κ2) is 5.22. The minimum atomic E-state index is -0.729. The van der Waals surface area contributed by atoms with Crippen molar-refractivity contribution in [3.8, 4) is 11.5 Å². The topological polar surface area (TPSA) is 57.2 Å². The molecule has 2 unspecified atom stereocenters. The molecular formula is C19H21NO5. The number of fused-ring (bicyclic) bond motifs is 7. The number of carbonyl (C=O) groups excluding carboxylic acids is 1. The lowest BCUT2D eigenvalue weighted by Crippen LogP contribution is -2.43. The van der Waals surface area contributed by atoms with E-state index in [1.807, 2.05) is 30.9 Å². The Kier molecular flexibility index (Phi) is 3.18. The number of benzene rings is 1. The van der Waals surface area contributed by atoms with Gasteiger partial charge in [-0.3, -0.25) is 4.79 Å². The van der Waals surface area contributed by atoms with E-state index in [0.717, 1.165) is 29.0 Å².